The van der Waals surface area contributed by atoms with Crippen LogP contribution in [0.1, 0.15) is 17.2 Å². The molecular weight excluding hydrogens is 255 g/mol. The number of hydrazine groups is 1. The maximum absolute atomic E-state index is 13.4. The van der Waals surface area contributed by atoms with Crippen LogP contribution in [0.3, 0.4) is 0 Å². The van der Waals surface area contributed by atoms with Crippen molar-refractivity contribution in [3.8, 4) is 0 Å². The number of benzene rings is 1. The Bertz CT molecular complexity index is 541. The van der Waals surface area contributed by atoms with Crippen LogP contribution in [-0.2, 0) is 13.5 Å². The molecule has 0 fully saturated rings. The Balaban J connectivity index is 2.25. The van der Waals surface area contributed by atoms with E-state index >= 15 is 0 Å². The van der Waals surface area contributed by atoms with Crippen molar-refractivity contribution in [2.75, 3.05) is 0 Å². The molecule has 1 aromatic heterocycles. The topological polar surface area (TPSA) is 55.9 Å². The number of nitrogens with one attached hydrogen (secondary N) is 1. The summed E-state index contributed by atoms with van der Waals surface area (Å²) in [4.78, 5) is 0. The molecule has 0 saturated heterocycles. The first-order valence-electron chi connectivity index (χ1n) is 5.49. The molecule has 1 heterocycles. The SMILES string of the molecule is Cn1cc(CC(NN)c2cccc(F)c2Cl)cn1. The van der Waals surface area contributed by atoms with Crippen LogP contribution in [-0.4, -0.2) is 9.78 Å². The smallest absolute Gasteiger partial charge is 0.142 e. The summed E-state index contributed by atoms with van der Waals surface area (Å²) in [5, 5.41) is 4.18. The average Bonchev–Trinajstić information content (AvgIpc) is 2.76. The van der Waals surface area contributed by atoms with Gasteiger partial charge in [0.25, 0.3) is 0 Å². The van der Waals surface area contributed by atoms with E-state index in [9.17, 15) is 4.39 Å². The Kier molecular flexibility index (Phi) is 3.96. The maximum Gasteiger partial charge on any atom is 0.142 e. The number of hydrogen-bond acceptors (Lipinski definition) is 3. The molecule has 0 radical (unpaired) electrons. The maximum atomic E-state index is 13.4. The molecule has 0 saturated carbocycles. The molecule has 4 nitrogen and oxygen atoms in total. The third-order valence-corrected chi connectivity index (χ3v) is 3.15. The lowest BCUT2D eigenvalue weighted by Gasteiger charge is -2.17. The lowest BCUT2D eigenvalue weighted by Crippen LogP contribution is -2.29. The number of nitrogens with zero attached hydrogens (tertiary/aromatic N) is 2. The molecule has 2 rings (SSSR count). The zero-order chi connectivity index (χ0) is 13.1. The summed E-state index contributed by atoms with van der Waals surface area (Å²) < 4.78 is 15.1. The highest BCUT2D eigenvalue weighted by molar-refractivity contribution is 6.31. The largest absolute Gasteiger partial charge is 0.276 e. The molecule has 3 N–H and O–H groups in total. The minimum absolute atomic E-state index is 0.101. The van der Waals surface area contributed by atoms with E-state index in [4.69, 9.17) is 17.4 Å². The lowest BCUT2D eigenvalue weighted by molar-refractivity contribution is 0.544. The molecule has 1 atom stereocenters. The van der Waals surface area contributed by atoms with Gasteiger partial charge >= 0.3 is 0 Å². The fourth-order valence-electron chi connectivity index (χ4n) is 1.86. The molecule has 96 valence electrons. The van der Waals surface area contributed by atoms with Gasteiger partial charge in [0, 0.05) is 13.2 Å². The molecule has 18 heavy (non-hydrogen) atoms. The zero-order valence-corrected chi connectivity index (χ0v) is 10.7. The highest BCUT2D eigenvalue weighted by atomic mass is 35.5. The predicted molar refractivity (Wildman–Crippen MR) is 68.4 cm³/mol. The van der Waals surface area contributed by atoms with Crippen LogP contribution in [0.4, 0.5) is 4.39 Å². The Morgan fingerprint density at radius 3 is 2.94 bits per heavy atom. The minimum Gasteiger partial charge on any atom is -0.276 e. The van der Waals surface area contributed by atoms with Crippen LogP contribution in [0.2, 0.25) is 5.02 Å². The van der Waals surface area contributed by atoms with Gasteiger partial charge in [-0.05, 0) is 23.6 Å². The first-order chi connectivity index (χ1) is 8.61. The summed E-state index contributed by atoms with van der Waals surface area (Å²) in [6.07, 6.45) is 4.22. The van der Waals surface area contributed by atoms with Crippen LogP contribution >= 0.6 is 11.6 Å². The molecule has 1 unspecified atom stereocenters. The minimum atomic E-state index is -0.444. The molecule has 6 heteroatoms. The quantitative estimate of drug-likeness (QED) is 0.658. The van der Waals surface area contributed by atoms with E-state index in [1.54, 1.807) is 23.0 Å². The second kappa shape index (κ2) is 5.48. The number of hydrogen-bond donors (Lipinski definition) is 2. The zero-order valence-electron chi connectivity index (χ0n) is 9.90. The standard InChI is InChI=1S/C12H14ClFN4/c1-18-7-8(6-16-18)5-11(17-15)9-3-2-4-10(14)12(9)13/h2-4,6-7,11,17H,5,15H2,1H3. The second-order valence-corrected chi connectivity index (χ2v) is 4.47. The normalized spacial score (nSPS) is 12.7. The van der Waals surface area contributed by atoms with Gasteiger partial charge in [0.05, 0.1) is 17.3 Å². The van der Waals surface area contributed by atoms with E-state index in [0.717, 1.165) is 5.56 Å². The van der Waals surface area contributed by atoms with E-state index in [1.165, 1.54) is 6.07 Å². The highest BCUT2D eigenvalue weighted by Gasteiger charge is 2.16. The average molecular weight is 269 g/mol. The summed E-state index contributed by atoms with van der Waals surface area (Å²) in [5.74, 6) is 5.08. The van der Waals surface area contributed by atoms with Crippen molar-refractivity contribution in [3.63, 3.8) is 0 Å². The number of aromatic nitrogens is 2. The van der Waals surface area contributed by atoms with E-state index in [0.29, 0.717) is 12.0 Å². The predicted octanol–water partition coefficient (Wildman–Crippen LogP) is 1.96. The van der Waals surface area contributed by atoms with Crippen molar-refractivity contribution in [1.29, 1.82) is 0 Å². The molecular formula is C12H14ClFN4. The van der Waals surface area contributed by atoms with Gasteiger partial charge in [-0.1, -0.05) is 23.7 Å². The summed E-state index contributed by atoms with van der Waals surface area (Å²) in [5.41, 5.74) is 4.30. The summed E-state index contributed by atoms with van der Waals surface area (Å²) in [6, 6.07) is 4.44. The molecule has 0 aliphatic heterocycles. The number of nitrogens with two attached hydrogens (primary N) is 1. The number of aryl methyl sites for hydroxylation is 1. The van der Waals surface area contributed by atoms with E-state index in [1.807, 2.05) is 13.2 Å². The van der Waals surface area contributed by atoms with Crippen molar-refractivity contribution in [2.45, 2.75) is 12.5 Å². The van der Waals surface area contributed by atoms with Crippen LogP contribution in [0, 0.1) is 5.82 Å². The highest BCUT2D eigenvalue weighted by Crippen LogP contribution is 2.27. The summed E-state index contributed by atoms with van der Waals surface area (Å²) >= 11 is 5.95. The molecule has 0 bridgehead atoms. The van der Waals surface area contributed by atoms with Gasteiger partial charge in [-0.2, -0.15) is 5.10 Å². The van der Waals surface area contributed by atoms with Gasteiger partial charge < -0.3 is 0 Å². The third-order valence-electron chi connectivity index (χ3n) is 2.76. The first-order valence-corrected chi connectivity index (χ1v) is 5.87. The van der Waals surface area contributed by atoms with Gasteiger partial charge in [-0.15, -0.1) is 0 Å². The van der Waals surface area contributed by atoms with E-state index in [-0.39, 0.29) is 11.1 Å². The monoisotopic (exact) mass is 268 g/mol. The lowest BCUT2D eigenvalue weighted by atomic mass is 10.0. The first kappa shape index (κ1) is 13.0. The van der Waals surface area contributed by atoms with E-state index in [2.05, 4.69) is 10.5 Å². The van der Waals surface area contributed by atoms with Crippen molar-refractivity contribution in [2.24, 2.45) is 12.9 Å². The third kappa shape index (κ3) is 2.69. The molecule has 0 spiro atoms. The fraction of sp³-hybridized carbons (Fsp3) is 0.250. The fourth-order valence-corrected chi connectivity index (χ4v) is 2.12. The Morgan fingerprint density at radius 2 is 2.33 bits per heavy atom. The second-order valence-electron chi connectivity index (χ2n) is 4.09. The molecule has 2 aromatic rings. The van der Waals surface area contributed by atoms with E-state index < -0.39 is 5.82 Å². The van der Waals surface area contributed by atoms with Crippen molar-refractivity contribution >= 4 is 11.6 Å². The van der Waals surface area contributed by atoms with Crippen LogP contribution in [0.25, 0.3) is 0 Å². The van der Waals surface area contributed by atoms with Crippen molar-refractivity contribution in [3.05, 3.63) is 52.6 Å². The number of rotatable bonds is 4. The van der Waals surface area contributed by atoms with Crippen LogP contribution in [0.5, 0.6) is 0 Å². The van der Waals surface area contributed by atoms with Crippen molar-refractivity contribution in [1.82, 2.24) is 15.2 Å². The Hall–Kier alpha value is -1.43. The number of halogens is 2. The van der Waals surface area contributed by atoms with Crippen LogP contribution in [0.15, 0.2) is 30.6 Å². The van der Waals surface area contributed by atoms with Gasteiger partial charge in [0.15, 0.2) is 0 Å². The van der Waals surface area contributed by atoms with Gasteiger partial charge in [0.1, 0.15) is 5.82 Å². The van der Waals surface area contributed by atoms with Gasteiger partial charge in [-0.25, -0.2) is 4.39 Å². The molecule has 0 amide bonds. The van der Waals surface area contributed by atoms with Gasteiger partial charge in [0.2, 0.25) is 0 Å². The van der Waals surface area contributed by atoms with Gasteiger partial charge in [-0.3, -0.25) is 16.0 Å². The Labute approximate surface area is 110 Å². The molecule has 1 aromatic carbocycles. The molecule has 0 aliphatic rings. The Morgan fingerprint density at radius 1 is 1.56 bits per heavy atom. The summed E-state index contributed by atoms with van der Waals surface area (Å²) in [6.45, 7) is 0. The summed E-state index contributed by atoms with van der Waals surface area (Å²) in [7, 11) is 1.84. The molecule has 0 aliphatic carbocycles. The van der Waals surface area contributed by atoms with Crippen LogP contribution < -0.4 is 11.3 Å². The van der Waals surface area contributed by atoms with Crippen molar-refractivity contribution < 1.29 is 4.39 Å².